The van der Waals surface area contributed by atoms with Gasteiger partial charge in [0.05, 0.1) is 0 Å². The summed E-state index contributed by atoms with van der Waals surface area (Å²) in [7, 11) is 0. The summed E-state index contributed by atoms with van der Waals surface area (Å²) in [4.78, 5) is 16.5. The van der Waals surface area contributed by atoms with Gasteiger partial charge in [0, 0.05) is 25.7 Å². The standard InChI is InChI=1S/C15H29N3O/c1-2-3-4-5-6-11-17-12-13-18(15(17)19)14-7-9-16-10-8-14/h14,16H,2-13H2,1H3. The lowest BCUT2D eigenvalue weighted by Gasteiger charge is -2.31. The molecule has 0 unspecified atom stereocenters. The van der Waals surface area contributed by atoms with Crippen molar-refractivity contribution < 1.29 is 4.79 Å². The molecule has 0 bridgehead atoms. The Labute approximate surface area is 117 Å². The number of unbranched alkanes of at least 4 members (excludes halogenated alkanes) is 4. The first-order valence-electron chi connectivity index (χ1n) is 8.09. The van der Waals surface area contributed by atoms with E-state index in [4.69, 9.17) is 0 Å². The third-order valence-electron chi connectivity index (χ3n) is 4.41. The molecule has 0 aromatic heterocycles. The van der Waals surface area contributed by atoms with Crippen LogP contribution in [0.2, 0.25) is 0 Å². The van der Waals surface area contributed by atoms with E-state index in [1.54, 1.807) is 0 Å². The Bertz CT molecular complexity index is 277. The van der Waals surface area contributed by atoms with E-state index in [0.717, 1.165) is 45.6 Å². The van der Waals surface area contributed by atoms with Crippen LogP contribution in [-0.2, 0) is 0 Å². The zero-order chi connectivity index (χ0) is 13.5. The number of rotatable bonds is 7. The zero-order valence-corrected chi connectivity index (χ0v) is 12.4. The van der Waals surface area contributed by atoms with E-state index in [0.29, 0.717) is 12.1 Å². The Morgan fingerprint density at radius 3 is 2.58 bits per heavy atom. The van der Waals surface area contributed by atoms with E-state index in [-0.39, 0.29) is 0 Å². The van der Waals surface area contributed by atoms with Crippen molar-refractivity contribution in [2.24, 2.45) is 0 Å². The number of nitrogens with zero attached hydrogens (tertiary/aromatic N) is 2. The second-order valence-electron chi connectivity index (χ2n) is 5.86. The van der Waals surface area contributed by atoms with Crippen LogP contribution in [0.15, 0.2) is 0 Å². The van der Waals surface area contributed by atoms with Crippen molar-refractivity contribution in [2.75, 3.05) is 32.7 Å². The number of carbonyl (C=O) groups is 1. The predicted octanol–water partition coefficient (Wildman–Crippen LogP) is 2.45. The summed E-state index contributed by atoms with van der Waals surface area (Å²) in [6.45, 7) is 7.21. The molecule has 2 heterocycles. The largest absolute Gasteiger partial charge is 0.323 e. The molecule has 2 fully saturated rings. The number of hydrogen-bond acceptors (Lipinski definition) is 2. The van der Waals surface area contributed by atoms with E-state index in [9.17, 15) is 4.79 Å². The summed E-state index contributed by atoms with van der Waals surface area (Å²) in [6, 6.07) is 0.779. The Morgan fingerprint density at radius 1 is 1.11 bits per heavy atom. The number of urea groups is 1. The summed E-state index contributed by atoms with van der Waals surface area (Å²) in [6.07, 6.45) is 8.61. The van der Waals surface area contributed by atoms with Crippen molar-refractivity contribution in [2.45, 2.75) is 57.9 Å². The van der Waals surface area contributed by atoms with Crippen LogP contribution in [-0.4, -0.2) is 54.6 Å². The normalized spacial score (nSPS) is 21.4. The number of hydrogen-bond donors (Lipinski definition) is 1. The van der Waals surface area contributed by atoms with Crippen molar-refractivity contribution in [1.82, 2.24) is 15.1 Å². The lowest BCUT2D eigenvalue weighted by Crippen LogP contribution is -2.45. The average Bonchev–Trinajstić information content (AvgIpc) is 2.81. The first-order chi connectivity index (χ1) is 9.33. The second kappa shape index (κ2) is 7.73. The molecule has 0 spiro atoms. The highest BCUT2D eigenvalue weighted by molar-refractivity contribution is 5.76. The van der Waals surface area contributed by atoms with E-state index in [1.807, 2.05) is 0 Å². The van der Waals surface area contributed by atoms with Gasteiger partial charge in [-0.2, -0.15) is 0 Å². The van der Waals surface area contributed by atoms with Gasteiger partial charge in [0.1, 0.15) is 0 Å². The quantitative estimate of drug-likeness (QED) is 0.719. The molecule has 19 heavy (non-hydrogen) atoms. The SMILES string of the molecule is CCCCCCCN1CCN(C2CCNCC2)C1=O. The highest BCUT2D eigenvalue weighted by Crippen LogP contribution is 2.19. The van der Waals surface area contributed by atoms with Crippen LogP contribution >= 0.6 is 0 Å². The maximum absolute atomic E-state index is 12.4. The predicted molar refractivity (Wildman–Crippen MR) is 78.3 cm³/mol. The summed E-state index contributed by atoms with van der Waals surface area (Å²) in [5.74, 6) is 0. The molecule has 2 saturated heterocycles. The van der Waals surface area contributed by atoms with Gasteiger partial charge in [0.15, 0.2) is 0 Å². The number of piperidine rings is 1. The second-order valence-corrected chi connectivity index (χ2v) is 5.86. The fourth-order valence-electron chi connectivity index (χ4n) is 3.17. The fourth-order valence-corrected chi connectivity index (χ4v) is 3.17. The molecule has 0 atom stereocenters. The molecule has 0 aromatic carbocycles. The Morgan fingerprint density at radius 2 is 1.84 bits per heavy atom. The summed E-state index contributed by atoms with van der Waals surface area (Å²) >= 11 is 0. The minimum Gasteiger partial charge on any atom is -0.323 e. The minimum atomic E-state index is 0.294. The topological polar surface area (TPSA) is 35.6 Å². The first kappa shape index (κ1) is 14.6. The van der Waals surface area contributed by atoms with Crippen LogP contribution in [0, 0.1) is 0 Å². The van der Waals surface area contributed by atoms with E-state index >= 15 is 0 Å². The molecule has 0 aliphatic carbocycles. The molecular formula is C15H29N3O. The fraction of sp³-hybridized carbons (Fsp3) is 0.933. The van der Waals surface area contributed by atoms with Crippen molar-refractivity contribution in [3.63, 3.8) is 0 Å². The zero-order valence-electron chi connectivity index (χ0n) is 12.4. The van der Waals surface area contributed by atoms with Crippen molar-refractivity contribution in [3.8, 4) is 0 Å². The molecular weight excluding hydrogens is 238 g/mol. The summed E-state index contributed by atoms with van der Waals surface area (Å²) < 4.78 is 0. The van der Waals surface area contributed by atoms with E-state index in [2.05, 4.69) is 22.0 Å². The Hall–Kier alpha value is -0.770. The summed E-state index contributed by atoms with van der Waals surface area (Å²) in [5, 5.41) is 3.37. The van der Waals surface area contributed by atoms with Gasteiger partial charge >= 0.3 is 6.03 Å². The van der Waals surface area contributed by atoms with Crippen LogP contribution in [0.4, 0.5) is 4.79 Å². The van der Waals surface area contributed by atoms with Crippen LogP contribution < -0.4 is 5.32 Å². The van der Waals surface area contributed by atoms with Crippen LogP contribution in [0.25, 0.3) is 0 Å². The molecule has 2 aliphatic rings. The maximum atomic E-state index is 12.4. The monoisotopic (exact) mass is 267 g/mol. The van der Waals surface area contributed by atoms with Crippen LogP contribution in [0.5, 0.6) is 0 Å². The highest BCUT2D eigenvalue weighted by Gasteiger charge is 2.33. The van der Waals surface area contributed by atoms with Crippen LogP contribution in [0.1, 0.15) is 51.9 Å². The summed E-state index contributed by atoms with van der Waals surface area (Å²) in [5.41, 5.74) is 0. The lowest BCUT2D eigenvalue weighted by molar-refractivity contribution is 0.165. The van der Waals surface area contributed by atoms with Gasteiger partial charge in [-0.25, -0.2) is 4.79 Å². The minimum absolute atomic E-state index is 0.294. The van der Waals surface area contributed by atoms with Gasteiger partial charge in [-0.15, -0.1) is 0 Å². The third kappa shape index (κ3) is 4.10. The third-order valence-corrected chi connectivity index (χ3v) is 4.41. The Balaban J connectivity index is 1.68. The van der Waals surface area contributed by atoms with Crippen molar-refractivity contribution in [1.29, 1.82) is 0 Å². The lowest BCUT2D eigenvalue weighted by atomic mass is 10.1. The number of amides is 2. The van der Waals surface area contributed by atoms with Gasteiger partial charge in [0.25, 0.3) is 0 Å². The van der Waals surface area contributed by atoms with Gasteiger partial charge in [0.2, 0.25) is 0 Å². The molecule has 0 aromatic rings. The number of nitrogens with one attached hydrogen (secondary N) is 1. The van der Waals surface area contributed by atoms with Crippen LogP contribution in [0.3, 0.4) is 0 Å². The van der Waals surface area contributed by atoms with Crippen molar-refractivity contribution >= 4 is 6.03 Å². The number of carbonyl (C=O) groups excluding carboxylic acids is 1. The molecule has 0 saturated carbocycles. The molecule has 2 aliphatic heterocycles. The molecule has 2 rings (SSSR count). The molecule has 4 heteroatoms. The van der Waals surface area contributed by atoms with Gasteiger partial charge < -0.3 is 15.1 Å². The highest BCUT2D eigenvalue weighted by atomic mass is 16.2. The first-order valence-corrected chi connectivity index (χ1v) is 8.09. The average molecular weight is 267 g/mol. The van der Waals surface area contributed by atoms with E-state index in [1.165, 1.54) is 32.1 Å². The van der Waals surface area contributed by atoms with Crippen molar-refractivity contribution in [3.05, 3.63) is 0 Å². The molecule has 4 nitrogen and oxygen atoms in total. The van der Waals surface area contributed by atoms with E-state index < -0.39 is 0 Å². The smallest absolute Gasteiger partial charge is 0.320 e. The van der Waals surface area contributed by atoms with Gasteiger partial charge in [-0.05, 0) is 32.4 Å². The van der Waals surface area contributed by atoms with Gasteiger partial charge in [-0.1, -0.05) is 32.6 Å². The Kier molecular flexibility index (Phi) is 5.95. The molecule has 2 amide bonds. The maximum Gasteiger partial charge on any atom is 0.320 e. The molecule has 110 valence electrons. The van der Waals surface area contributed by atoms with Gasteiger partial charge in [-0.3, -0.25) is 0 Å². The molecule has 0 radical (unpaired) electrons. The molecule has 1 N–H and O–H groups in total.